The Hall–Kier alpha value is -2.63. The molecule has 2 aromatic rings. The van der Waals surface area contributed by atoms with Crippen LogP contribution in [-0.4, -0.2) is 17.0 Å². The fraction of sp³-hybridized carbons (Fsp3) is 0.143. The number of hydrogen-bond acceptors (Lipinski definition) is 3. The number of furan rings is 1. The SMILES string of the molecule is Cc1cc(C(=O)NCc2ccc(C(=O)O)o2)ccc1F. The molecule has 0 unspecified atom stereocenters. The van der Waals surface area contributed by atoms with E-state index in [1.807, 2.05) is 0 Å². The highest BCUT2D eigenvalue weighted by atomic mass is 19.1. The first-order valence-electron chi connectivity index (χ1n) is 5.83. The van der Waals surface area contributed by atoms with Gasteiger partial charge in [-0.15, -0.1) is 0 Å². The number of hydrogen-bond donors (Lipinski definition) is 2. The number of carbonyl (C=O) groups excluding carboxylic acids is 1. The molecule has 1 heterocycles. The van der Waals surface area contributed by atoms with Gasteiger partial charge in [-0.1, -0.05) is 0 Å². The Kier molecular flexibility index (Phi) is 3.84. The molecule has 1 aromatic heterocycles. The van der Waals surface area contributed by atoms with E-state index in [2.05, 4.69) is 5.32 Å². The van der Waals surface area contributed by atoms with Crippen LogP contribution in [0.1, 0.15) is 32.2 Å². The Balaban J connectivity index is 2.00. The highest BCUT2D eigenvalue weighted by molar-refractivity contribution is 5.94. The van der Waals surface area contributed by atoms with Crippen LogP contribution in [0.4, 0.5) is 4.39 Å². The monoisotopic (exact) mass is 277 g/mol. The highest BCUT2D eigenvalue weighted by Crippen LogP contribution is 2.10. The van der Waals surface area contributed by atoms with Crippen molar-refractivity contribution >= 4 is 11.9 Å². The molecule has 0 bridgehead atoms. The summed E-state index contributed by atoms with van der Waals surface area (Å²) in [5.41, 5.74) is 0.706. The molecule has 0 saturated heterocycles. The second kappa shape index (κ2) is 5.56. The molecule has 0 aliphatic rings. The number of carbonyl (C=O) groups is 2. The third kappa shape index (κ3) is 3.03. The Labute approximate surface area is 114 Å². The van der Waals surface area contributed by atoms with Crippen molar-refractivity contribution in [2.24, 2.45) is 0 Å². The number of carboxylic acid groups (broad SMARTS) is 1. The Morgan fingerprint density at radius 2 is 2.05 bits per heavy atom. The topological polar surface area (TPSA) is 79.5 Å². The fourth-order valence-corrected chi connectivity index (χ4v) is 1.64. The van der Waals surface area contributed by atoms with Gasteiger partial charge < -0.3 is 14.8 Å². The van der Waals surface area contributed by atoms with Crippen LogP contribution in [-0.2, 0) is 6.54 Å². The van der Waals surface area contributed by atoms with Gasteiger partial charge in [0.05, 0.1) is 6.54 Å². The maximum atomic E-state index is 13.1. The Morgan fingerprint density at radius 1 is 1.30 bits per heavy atom. The smallest absolute Gasteiger partial charge is 0.371 e. The molecular formula is C14H12FNO4. The van der Waals surface area contributed by atoms with E-state index in [0.717, 1.165) is 0 Å². The van der Waals surface area contributed by atoms with Gasteiger partial charge >= 0.3 is 5.97 Å². The van der Waals surface area contributed by atoms with Gasteiger partial charge in [-0.25, -0.2) is 9.18 Å². The summed E-state index contributed by atoms with van der Waals surface area (Å²) in [6.45, 7) is 1.63. The van der Waals surface area contributed by atoms with E-state index in [9.17, 15) is 14.0 Å². The molecule has 1 amide bonds. The van der Waals surface area contributed by atoms with Crippen molar-refractivity contribution in [1.29, 1.82) is 0 Å². The zero-order valence-electron chi connectivity index (χ0n) is 10.6. The van der Waals surface area contributed by atoms with E-state index in [4.69, 9.17) is 9.52 Å². The molecule has 2 rings (SSSR count). The molecule has 0 radical (unpaired) electrons. The van der Waals surface area contributed by atoms with Gasteiger partial charge in [0.1, 0.15) is 11.6 Å². The zero-order valence-corrected chi connectivity index (χ0v) is 10.6. The number of halogens is 1. The molecule has 0 aliphatic heterocycles. The third-order valence-electron chi connectivity index (χ3n) is 2.72. The number of nitrogens with one attached hydrogen (secondary N) is 1. The fourth-order valence-electron chi connectivity index (χ4n) is 1.64. The number of aromatic carboxylic acids is 1. The number of carboxylic acids is 1. The minimum atomic E-state index is -1.17. The van der Waals surface area contributed by atoms with Crippen molar-refractivity contribution in [3.05, 3.63) is 58.8 Å². The quantitative estimate of drug-likeness (QED) is 0.899. The minimum absolute atomic E-state index is 0.0581. The molecule has 104 valence electrons. The van der Waals surface area contributed by atoms with E-state index in [-0.39, 0.29) is 24.0 Å². The summed E-state index contributed by atoms with van der Waals surface area (Å²) >= 11 is 0. The molecule has 0 atom stereocenters. The first-order chi connectivity index (χ1) is 9.47. The summed E-state index contributed by atoms with van der Waals surface area (Å²) in [6.07, 6.45) is 0. The Morgan fingerprint density at radius 3 is 2.65 bits per heavy atom. The van der Waals surface area contributed by atoms with Gasteiger partial charge in [-0.2, -0.15) is 0 Å². The number of rotatable bonds is 4. The van der Waals surface area contributed by atoms with Crippen molar-refractivity contribution in [2.75, 3.05) is 0 Å². The number of benzene rings is 1. The van der Waals surface area contributed by atoms with Crippen LogP contribution >= 0.6 is 0 Å². The van der Waals surface area contributed by atoms with Crippen molar-refractivity contribution < 1.29 is 23.5 Å². The summed E-state index contributed by atoms with van der Waals surface area (Å²) in [6, 6.07) is 6.82. The second-order valence-electron chi connectivity index (χ2n) is 4.22. The molecule has 20 heavy (non-hydrogen) atoms. The summed E-state index contributed by atoms with van der Waals surface area (Å²) in [5, 5.41) is 11.3. The lowest BCUT2D eigenvalue weighted by Crippen LogP contribution is -2.22. The van der Waals surface area contributed by atoms with Crippen LogP contribution < -0.4 is 5.32 Å². The molecule has 6 heteroatoms. The largest absolute Gasteiger partial charge is 0.475 e. The summed E-state index contributed by atoms with van der Waals surface area (Å²) in [7, 11) is 0. The van der Waals surface area contributed by atoms with Crippen molar-refractivity contribution in [1.82, 2.24) is 5.32 Å². The molecule has 2 N–H and O–H groups in total. The first-order valence-corrected chi connectivity index (χ1v) is 5.83. The molecule has 0 spiro atoms. The number of amides is 1. The van der Waals surface area contributed by atoms with Crippen LogP contribution in [0, 0.1) is 12.7 Å². The molecule has 1 aromatic carbocycles. The summed E-state index contributed by atoms with van der Waals surface area (Å²) in [5.74, 6) is -1.79. The average molecular weight is 277 g/mol. The van der Waals surface area contributed by atoms with Crippen LogP contribution in [0.2, 0.25) is 0 Å². The van der Waals surface area contributed by atoms with Crippen LogP contribution in [0.3, 0.4) is 0 Å². The van der Waals surface area contributed by atoms with E-state index in [0.29, 0.717) is 16.9 Å². The molecule has 0 aliphatic carbocycles. The van der Waals surface area contributed by atoms with Gasteiger partial charge in [-0.05, 0) is 42.8 Å². The third-order valence-corrected chi connectivity index (χ3v) is 2.72. The Bertz CT molecular complexity index is 663. The summed E-state index contributed by atoms with van der Waals surface area (Å²) < 4.78 is 18.1. The van der Waals surface area contributed by atoms with Gasteiger partial charge in [0, 0.05) is 5.56 Å². The lowest BCUT2D eigenvalue weighted by molar-refractivity contribution is 0.0660. The minimum Gasteiger partial charge on any atom is -0.475 e. The van der Waals surface area contributed by atoms with Crippen molar-refractivity contribution in [3.63, 3.8) is 0 Å². The second-order valence-corrected chi connectivity index (χ2v) is 4.22. The maximum Gasteiger partial charge on any atom is 0.371 e. The predicted molar refractivity (Wildman–Crippen MR) is 68.0 cm³/mol. The van der Waals surface area contributed by atoms with Gasteiger partial charge in [0.2, 0.25) is 5.76 Å². The predicted octanol–water partition coefficient (Wildman–Crippen LogP) is 2.36. The number of aryl methyl sites for hydroxylation is 1. The molecule has 0 saturated carbocycles. The standard InChI is InChI=1S/C14H12FNO4/c1-8-6-9(2-4-11(8)15)13(17)16-7-10-3-5-12(20-10)14(18)19/h2-6H,7H2,1H3,(H,16,17)(H,18,19). The van der Waals surface area contributed by atoms with Crippen molar-refractivity contribution in [2.45, 2.75) is 13.5 Å². The van der Waals surface area contributed by atoms with E-state index in [1.165, 1.54) is 30.3 Å². The van der Waals surface area contributed by atoms with E-state index >= 15 is 0 Å². The van der Waals surface area contributed by atoms with Crippen LogP contribution in [0.15, 0.2) is 34.7 Å². The molecule has 0 fully saturated rings. The van der Waals surface area contributed by atoms with Crippen molar-refractivity contribution in [3.8, 4) is 0 Å². The van der Waals surface area contributed by atoms with Gasteiger partial charge in [0.25, 0.3) is 5.91 Å². The van der Waals surface area contributed by atoms with Crippen LogP contribution in [0.25, 0.3) is 0 Å². The molecule has 5 nitrogen and oxygen atoms in total. The summed E-state index contributed by atoms with van der Waals surface area (Å²) in [4.78, 5) is 22.5. The normalized spacial score (nSPS) is 10.3. The van der Waals surface area contributed by atoms with Gasteiger partial charge in [-0.3, -0.25) is 4.79 Å². The van der Waals surface area contributed by atoms with E-state index in [1.54, 1.807) is 6.92 Å². The lowest BCUT2D eigenvalue weighted by atomic mass is 10.1. The lowest BCUT2D eigenvalue weighted by Gasteiger charge is -2.04. The highest BCUT2D eigenvalue weighted by Gasteiger charge is 2.11. The maximum absolute atomic E-state index is 13.1. The zero-order chi connectivity index (χ0) is 14.7. The molecular weight excluding hydrogens is 265 g/mol. The first kappa shape index (κ1) is 13.8. The van der Waals surface area contributed by atoms with Gasteiger partial charge in [0.15, 0.2) is 0 Å². The van der Waals surface area contributed by atoms with Crippen LogP contribution in [0.5, 0.6) is 0 Å². The average Bonchev–Trinajstić information content (AvgIpc) is 2.88. The van der Waals surface area contributed by atoms with E-state index < -0.39 is 5.97 Å².